The molecule has 0 fully saturated rings. The van der Waals surface area contributed by atoms with Gasteiger partial charge in [0.1, 0.15) is 5.58 Å². The predicted molar refractivity (Wildman–Crippen MR) is 64.9 cm³/mol. The van der Waals surface area contributed by atoms with Gasteiger partial charge in [0.05, 0.1) is 18.8 Å². The molecule has 0 radical (unpaired) electrons. The number of likely N-dealkylation sites (N-methyl/N-ethyl adjacent to an activating group) is 1. The third kappa shape index (κ3) is 2.37. The minimum atomic E-state index is -2.55. The Hall–Kier alpha value is -1.46. The zero-order valence-corrected chi connectivity index (χ0v) is 9.94. The van der Waals surface area contributed by atoms with Gasteiger partial charge in [-0.25, -0.2) is 8.78 Å². The third-order valence-corrected chi connectivity index (χ3v) is 3.14. The maximum absolute atomic E-state index is 13.2. The molecule has 98 valence electrons. The predicted octanol–water partition coefficient (Wildman–Crippen LogP) is 2.36. The van der Waals surface area contributed by atoms with Crippen LogP contribution in [0.2, 0.25) is 0 Å². The van der Waals surface area contributed by atoms with Crippen molar-refractivity contribution in [1.29, 1.82) is 0 Å². The number of aliphatic hydroxyl groups is 1. The van der Waals surface area contributed by atoms with Crippen LogP contribution in [0.3, 0.4) is 0 Å². The highest BCUT2D eigenvalue weighted by molar-refractivity contribution is 5.77. The molecule has 1 heterocycles. The van der Waals surface area contributed by atoms with Crippen LogP contribution in [0, 0.1) is 0 Å². The fourth-order valence-electron chi connectivity index (χ4n) is 2.12. The van der Waals surface area contributed by atoms with Crippen molar-refractivity contribution in [2.24, 2.45) is 0 Å². The van der Waals surface area contributed by atoms with Crippen molar-refractivity contribution in [2.45, 2.75) is 18.4 Å². The number of nitrogens with one attached hydrogen (secondary N) is 1. The second-order valence-electron chi connectivity index (χ2n) is 4.16. The van der Waals surface area contributed by atoms with Crippen molar-refractivity contribution in [3.63, 3.8) is 0 Å². The standard InChI is InChI=1S/C13H15F2NO2/c1-16-10(7-17)12(13(14)15)9-3-2-8-4-5-18-11(8)6-9/h2-6,10,12-13,16-17H,7H2,1H3. The molecule has 1 aromatic carbocycles. The molecule has 0 bridgehead atoms. The number of aliphatic hydroxyl groups excluding tert-OH is 1. The number of halogens is 2. The van der Waals surface area contributed by atoms with Gasteiger partial charge in [0.15, 0.2) is 0 Å². The fraction of sp³-hybridized carbons (Fsp3) is 0.385. The normalized spacial score (nSPS) is 15.2. The Labute approximate surface area is 103 Å². The Morgan fingerprint density at radius 1 is 1.33 bits per heavy atom. The van der Waals surface area contributed by atoms with Crippen LogP contribution in [0.4, 0.5) is 8.78 Å². The summed E-state index contributed by atoms with van der Waals surface area (Å²) in [6, 6.07) is 6.09. The summed E-state index contributed by atoms with van der Waals surface area (Å²) in [5.41, 5.74) is 1.03. The van der Waals surface area contributed by atoms with Gasteiger partial charge in [-0.05, 0) is 24.7 Å². The molecule has 5 heteroatoms. The molecule has 18 heavy (non-hydrogen) atoms. The molecular weight excluding hydrogens is 240 g/mol. The van der Waals surface area contributed by atoms with E-state index in [1.165, 1.54) is 6.26 Å². The van der Waals surface area contributed by atoms with Gasteiger partial charge in [0, 0.05) is 11.4 Å². The van der Waals surface area contributed by atoms with Gasteiger partial charge >= 0.3 is 0 Å². The number of alkyl halides is 2. The molecule has 2 aromatic rings. The van der Waals surface area contributed by atoms with Gasteiger partial charge in [-0.3, -0.25) is 0 Å². The van der Waals surface area contributed by atoms with E-state index in [9.17, 15) is 8.78 Å². The van der Waals surface area contributed by atoms with Crippen molar-refractivity contribution in [1.82, 2.24) is 5.32 Å². The summed E-state index contributed by atoms with van der Waals surface area (Å²) >= 11 is 0. The van der Waals surface area contributed by atoms with E-state index in [-0.39, 0.29) is 6.61 Å². The Kier molecular flexibility index (Phi) is 3.93. The third-order valence-electron chi connectivity index (χ3n) is 3.14. The van der Waals surface area contributed by atoms with Crippen molar-refractivity contribution < 1.29 is 18.3 Å². The maximum Gasteiger partial charge on any atom is 0.247 e. The lowest BCUT2D eigenvalue weighted by atomic mass is 9.91. The first-order valence-corrected chi connectivity index (χ1v) is 5.70. The molecule has 2 N–H and O–H groups in total. The molecule has 0 saturated heterocycles. The topological polar surface area (TPSA) is 45.4 Å². The zero-order valence-electron chi connectivity index (χ0n) is 9.94. The molecule has 0 aliphatic carbocycles. The first-order chi connectivity index (χ1) is 8.67. The van der Waals surface area contributed by atoms with E-state index >= 15 is 0 Å². The average molecular weight is 255 g/mol. The van der Waals surface area contributed by atoms with Crippen molar-refractivity contribution in [3.05, 3.63) is 36.1 Å². The first kappa shape index (κ1) is 13.0. The van der Waals surface area contributed by atoms with Crippen LogP contribution in [0.5, 0.6) is 0 Å². The number of benzene rings is 1. The van der Waals surface area contributed by atoms with E-state index in [1.54, 1.807) is 31.3 Å². The highest BCUT2D eigenvalue weighted by Gasteiger charge is 2.30. The molecule has 3 nitrogen and oxygen atoms in total. The largest absolute Gasteiger partial charge is 0.464 e. The summed E-state index contributed by atoms with van der Waals surface area (Å²) in [6.45, 7) is -0.346. The quantitative estimate of drug-likeness (QED) is 0.862. The van der Waals surface area contributed by atoms with Gasteiger partial charge < -0.3 is 14.8 Å². The smallest absolute Gasteiger partial charge is 0.247 e. The molecule has 2 atom stereocenters. The highest BCUT2D eigenvalue weighted by Crippen LogP contribution is 2.29. The minimum Gasteiger partial charge on any atom is -0.464 e. The molecular formula is C13H15F2NO2. The molecule has 1 aromatic heterocycles. The molecule has 0 aliphatic rings. The summed E-state index contributed by atoms with van der Waals surface area (Å²) in [5, 5.41) is 12.7. The van der Waals surface area contributed by atoms with Crippen molar-refractivity contribution >= 4 is 11.0 Å². The number of rotatable bonds is 5. The van der Waals surface area contributed by atoms with E-state index < -0.39 is 18.4 Å². The van der Waals surface area contributed by atoms with Crippen LogP contribution in [0.1, 0.15) is 11.5 Å². The minimum absolute atomic E-state index is 0.346. The Morgan fingerprint density at radius 2 is 2.11 bits per heavy atom. The van der Waals surface area contributed by atoms with E-state index in [4.69, 9.17) is 9.52 Å². The zero-order chi connectivity index (χ0) is 13.1. The molecule has 0 aliphatic heterocycles. The molecule has 2 unspecified atom stereocenters. The van der Waals surface area contributed by atoms with E-state index in [0.29, 0.717) is 11.1 Å². The average Bonchev–Trinajstić information content (AvgIpc) is 2.82. The van der Waals surface area contributed by atoms with Gasteiger partial charge in [0.2, 0.25) is 6.43 Å². The summed E-state index contributed by atoms with van der Waals surface area (Å²) in [6.07, 6.45) is -1.03. The Balaban J connectivity index is 2.40. The lowest BCUT2D eigenvalue weighted by molar-refractivity contribution is 0.0800. The number of hydrogen-bond acceptors (Lipinski definition) is 3. The van der Waals surface area contributed by atoms with Gasteiger partial charge in [0.25, 0.3) is 0 Å². The Morgan fingerprint density at radius 3 is 2.72 bits per heavy atom. The second-order valence-corrected chi connectivity index (χ2v) is 4.16. The van der Waals surface area contributed by atoms with Crippen LogP contribution in [0.15, 0.2) is 34.9 Å². The van der Waals surface area contributed by atoms with Crippen LogP contribution in [-0.4, -0.2) is 31.2 Å². The van der Waals surface area contributed by atoms with E-state index in [2.05, 4.69) is 5.32 Å². The fourth-order valence-corrected chi connectivity index (χ4v) is 2.12. The number of fused-ring (bicyclic) bond motifs is 1. The second kappa shape index (κ2) is 5.46. The monoisotopic (exact) mass is 255 g/mol. The van der Waals surface area contributed by atoms with Gasteiger partial charge in [-0.15, -0.1) is 0 Å². The highest BCUT2D eigenvalue weighted by atomic mass is 19.3. The summed E-state index contributed by atoms with van der Waals surface area (Å²) in [7, 11) is 1.56. The molecule has 0 saturated carbocycles. The molecule has 0 amide bonds. The molecule has 0 spiro atoms. The summed E-state index contributed by atoms with van der Waals surface area (Å²) in [4.78, 5) is 0. The van der Waals surface area contributed by atoms with E-state index in [1.807, 2.05) is 0 Å². The lowest BCUT2D eigenvalue weighted by Crippen LogP contribution is -2.38. The van der Waals surface area contributed by atoms with Crippen LogP contribution in [0.25, 0.3) is 11.0 Å². The number of furan rings is 1. The van der Waals surface area contributed by atoms with Crippen LogP contribution in [-0.2, 0) is 0 Å². The first-order valence-electron chi connectivity index (χ1n) is 5.70. The lowest BCUT2D eigenvalue weighted by Gasteiger charge is -2.24. The van der Waals surface area contributed by atoms with Gasteiger partial charge in [-0.2, -0.15) is 0 Å². The number of hydrogen-bond donors (Lipinski definition) is 2. The maximum atomic E-state index is 13.2. The van der Waals surface area contributed by atoms with Crippen molar-refractivity contribution in [2.75, 3.05) is 13.7 Å². The Bertz CT molecular complexity index is 508. The van der Waals surface area contributed by atoms with Crippen LogP contribution < -0.4 is 5.32 Å². The summed E-state index contributed by atoms with van der Waals surface area (Å²) < 4.78 is 31.5. The van der Waals surface area contributed by atoms with E-state index in [0.717, 1.165) is 5.39 Å². The molecule has 2 rings (SSSR count). The van der Waals surface area contributed by atoms with Crippen LogP contribution >= 0.6 is 0 Å². The SMILES string of the molecule is CNC(CO)C(c1ccc2ccoc2c1)C(F)F. The van der Waals surface area contributed by atoms with Gasteiger partial charge in [-0.1, -0.05) is 12.1 Å². The summed E-state index contributed by atoms with van der Waals surface area (Å²) in [5.74, 6) is -1.06. The van der Waals surface area contributed by atoms with Crippen molar-refractivity contribution in [3.8, 4) is 0 Å².